The standard InChI is InChI=1S/C16H12BrF3O4/c1-22-14-6-9(2-5-13(14)24-16(19)20)8-23-15(21)11-4-3-10(17)7-12(11)18/h2-7,16H,8H2,1H3. The molecule has 8 heteroatoms. The molecule has 4 nitrogen and oxygen atoms in total. The van der Waals surface area contributed by atoms with E-state index >= 15 is 0 Å². The summed E-state index contributed by atoms with van der Waals surface area (Å²) in [7, 11) is 1.29. The quantitative estimate of drug-likeness (QED) is 0.662. The van der Waals surface area contributed by atoms with E-state index in [2.05, 4.69) is 20.7 Å². The number of carbonyl (C=O) groups excluding carboxylic acids is 1. The second kappa shape index (κ2) is 8.05. The Balaban J connectivity index is 2.07. The molecule has 0 aliphatic heterocycles. The van der Waals surface area contributed by atoms with Crippen LogP contribution in [-0.2, 0) is 11.3 Å². The van der Waals surface area contributed by atoms with Crippen LogP contribution in [-0.4, -0.2) is 19.7 Å². The minimum absolute atomic E-state index is 0.0682. The van der Waals surface area contributed by atoms with Crippen LogP contribution in [0.2, 0.25) is 0 Å². The van der Waals surface area contributed by atoms with Gasteiger partial charge in [0.1, 0.15) is 12.4 Å². The number of hydrogen-bond donors (Lipinski definition) is 0. The summed E-state index contributed by atoms with van der Waals surface area (Å²) in [6, 6.07) is 8.06. The van der Waals surface area contributed by atoms with E-state index in [1.807, 2.05) is 0 Å². The van der Waals surface area contributed by atoms with Crippen LogP contribution >= 0.6 is 15.9 Å². The third-order valence-electron chi connectivity index (χ3n) is 2.97. The molecule has 128 valence electrons. The molecule has 2 aromatic rings. The van der Waals surface area contributed by atoms with Crippen LogP contribution in [0, 0.1) is 5.82 Å². The van der Waals surface area contributed by atoms with E-state index in [0.717, 1.165) is 6.07 Å². The molecule has 0 bridgehead atoms. The molecular formula is C16H12BrF3O4. The summed E-state index contributed by atoms with van der Waals surface area (Å²) >= 11 is 3.09. The fourth-order valence-corrected chi connectivity index (χ4v) is 2.21. The molecule has 0 N–H and O–H groups in total. The minimum Gasteiger partial charge on any atom is -0.493 e. The maximum atomic E-state index is 13.7. The lowest BCUT2D eigenvalue weighted by atomic mass is 10.2. The molecule has 0 amide bonds. The second-order valence-corrected chi connectivity index (χ2v) is 5.48. The molecule has 0 saturated carbocycles. The average molecular weight is 405 g/mol. The summed E-state index contributed by atoms with van der Waals surface area (Å²) in [6.07, 6.45) is 0. The van der Waals surface area contributed by atoms with Crippen molar-refractivity contribution in [2.45, 2.75) is 13.2 Å². The van der Waals surface area contributed by atoms with E-state index in [-0.39, 0.29) is 23.7 Å². The number of carbonyl (C=O) groups is 1. The van der Waals surface area contributed by atoms with Gasteiger partial charge in [-0.2, -0.15) is 8.78 Å². The Morgan fingerprint density at radius 2 is 1.92 bits per heavy atom. The normalized spacial score (nSPS) is 10.6. The number of esters is 1. The van der Waals surface area contributed by atoms with Gasteiger partial charge in [-0.25, -0.2) is 9.18 Å². The van der Waals surface area contributed by atoms with E-state index in [4.69, 9.17) is 9.47 Å². The number of benzene rings is 2. The van der Waals surface area contributed by atoms with Crippen molar-refractivity contribution >= 4 is 21.9 Å². The number of methoxy groups -OCH3 is 1. The largest absolute Gasteiger partial charge is 0.493 e. The molecule has 0 aliphatic rings. The summed E-state index contributed by atoms with van der Waals surface area (Å²) < 4.78 is 53.0. The van der Waals surface area contributed by atoms with Crippen molar-refractivity contribution in [1.82, 2.24) is 0 Å². The first-order chi connectivity index (χ1) is 11.4. The maximum absolute atomic E-state index is 13.7. The van der Waals surface area contributed by atoms with Crippen LogP contribution in [0.4, 0.5) is 13.2 Å². The Hall–Kier alpha value is -2.22. The molecule has 0 spiro atoms. The van der Waals surface area contributed by atoms with Crippen LogP contribution in [0.5, 0.6) is 11.5 Å². The van der Waals surface area contributed by atoms with Crippen LogP contribution in [0.3, 0.4) is 0 Å². The highest BCUT2D eigenvalue weighted by Gasteiger charge is 2.15. The lowest BCUT2D eigenvalue weighted by molar-refractivity contribution is -0.0512. The lowest BCUT2D eigenvalue weighted by Crippen LogP contribution is -2.08. The molecule has 0 fully saturated rings. The number of rotatable bonds is 6. The van der Waals surface area contributed by atoms with Gasteiger partial charge in [-0.3, -0.25) is 0 Å². The van der Waals surface area contributed by atoms with E-state index in [0.29, 0.717) is 10.0 Å². The molecule has 0 unspecified atom stereocenters. The Morgan fingerprint density at radius 1 is 1.17 bits per heavy atom. The summed E-state index contributed by atoms with van der Waals surface area (Å²) in [6.45, 7) is -3.16. The van der Waals surface area contributed by atoms with Crippen LogP contribution in [0.1, 0.15) is 15.9 Å². The van der Waals surface area contributed by atoms with Crippen molar-refractivity contribution < 1.29 is 32.2 Å². The van der Waals surface area contributed by atoms with Gasteiger partial charge >= 0.3 is 12.6 Å². The van der Waals surface area contributed by atoms with Gasteiger partial charge in [0.2, 0.25) is 0 Å². The van der Waals surface area contributed by atoms with Gasteiger partial charge < -0.3 is 14.2 Å². The average Bonchev–Trinajstić information content (AvgIpc) is 2.53. The molecule has 0 radical (unpaired) electrons. The van der Waals surface area contributed by atoms with Gasteiger partial charge in [-0.05, 0) is 35.9 Å². The summed E-state index contributed by atoms with van der Waals surface area (Å²) in [4.78, 5) is 11.9. The third-order valence-corrected chi connectivity index (χ3v) is 3.46. The van der Waals surface area contributed by atoms with Gasteiger partial charge in [0, 0.05) is 4.47 Å². The first-order valence-corrected chi connectivity index (χ1v) is 7.44. The third kappa shape index (κ3) is 4.64. The number of halogens is 4. The Morgan fingerprint density at radius 3 is 2.54 bits per heavy atom. The fraction of sp³-hybridized carbons (Fsp3) is 0.188. The zero-order chi connectivity index (χ0) is 17.7. The Kier molecular flexibility index (Phi) is 6.08. The van der Waals surface area contributed by atoms with Crippen molar-refractivity contribution in [3.8, 4) is 11.5 Å². The summed E-state index contributed by atoms with van der Waals surface area (Å²) in [5, 5.41) is 0. The molecule has 0 saturated heterocycles. The lowest BCUT2D eigenvalue weighted by Gasteiger charge is -2.12. The van der Waals surface area contributed by atoms with Crippen molar-refractivity contribution in [3.05, 3.63) is 57.8 Å². The van der Waals surface area contributed by atoms with Gasteiger partial charge in [-0.1, -0.05) is 22.0 Å². The molecule has 0 heterocycles. The van der Waals surface area contributed by atoms with Crippen LogP contribution in [0.25, 0.3) is 0 Å². The highest BCUT2D eigenvalue weighted by atomic mass is 79.9. The Labute approximate surface area is 144 Å². The van der Waals surface area contributed by atoms with Gasteiger partial charge in [0.25, 0.3) is 0 Å². The van der Waals surface area contributed by atoms with E-state index in [9.17, 15) is 18.0 Å². The molecule has 0 atom stereocenters. The van der Waals surface area contributed by atoms with Gasteiger partial charge in [0.05, 0.1) is 12.7 Å². The first kappa shape index (κ1) is 18.1. The van der Waals surface area contributed by atoms with E-state index in [1.54, 1.807) is 0 Å². The van der Waals surface area contributed by atoms with E-state index in [1.165, 1.54) is 37.4 Å². The maximum Gasteiger partial charge on any atom is 0.387 e. The van der Waals surface area contributed by atoms with Crippen LogP contribution < -0.4 is 9.47 Å². The molecule has 2 rings (SSSR count). The Bertz CT molecular complexity index is 737. The van der Waals surface area contributed by atoms with E-state index < -0.39 is 18.4 Å². The highest BCUT2D eigenvalue weighted by molar-refractivity contribution is 9.10. The minimum atomic E-state index is -2.98. The SMILES string of the molecule is COc1cc(COC(=O)c2ccc(Br)cc2F)ccc1OC(F)F. The van der Waals surface area contributed by atoms with Crippen molar-refractivity contribution in [2.75, 3.05) is 7.11 Å². The first-order valence-electron chi connectivity index (χ1n) is 6.64. The fourth-order valence-electron chi connectivity index (χ4n) is 1.88. The number of hydrogen-bond acceptors (Lipinski definition) is 4. The highest BCUT2D eigenvalue weighted by Crippen LogP contribution is 2.29. The monoisotopic (exact) mass is 404 g/mol. The second-order valence-electron chi connectivity index (χ2n) is 4.56. The molecule has 2 aromatic carbocycles. The molecular weight excluding hydrogens is 393 g/mol. The smallest absolute Gasteiger partial charge is 0.387 e. The zero-order valence-corrected chi connectivity index (χ0v) is 14.0. The molecule has 0 aliphatic carbocycles. The van der Waals surface area contributed by atoms with Crippen molar-refractivity contribution in [3.63, 3.8) is 0 Å². The van der Waals surface area contributed by atoms with Gasteiger partial charge in [0.15, 0.2) is 11.5 Å². The molecule has 0 aromatic heterocycles. The number of ether oxygens (including phenoxy) is 3. The van der Waals surface area contributed by atoms with Crippen LogP contribution in [0.15, 0.2) is 40.9 Å². The van der Waals surface area contributed by atoms with Crippen molar-refractivity contribution in [1.29, 1.82) is 0 Å². The molecule has 24 heavy (non-hydrogen) atoms. The zero-order valence-electron chi connectivity index (χ0n) is 12.4. The summed E-state index contributed by atoms with van der Waals surface area (Å²) in [5.41, 5.74) is 0.266. The topological polar surface area (TPSA) is 44.8 Å². The number of alkyl halides is 2. The summed E-state index contributed by atoms with van der Waals surface area (Å²) in [5.74, 6) is -1.63. The predicted molar refractivity (Wildman–Crippen MR) is 82.8 cm³/mol. The van der Waals surface area contributed by atoms with Crippen molar-refractivity contribution in [2.24, 2.45) is 0 Å². The predicted octanol–water partition coefficient (Wildman–Crippen LogP) is 4.56. The van der Waals surface area contributed by atoms with Gasteiger partial charge in [-0.15, -0.1) is 0 Å².